The Morgan fingerprint density at radius 1 is 1.59 bits per heavy atom. The third-order valence-corrected chi connectivity index (χ3v) is 3.04. The lowest BCUT2D eigenvalue weighted by Crippen LogP contribution is -2.23. The normalized spacial score (nSPS) is 14.5. The van der Waals surface area contributed by atoms with E-state index >= 15 is 0 Å². The van der Waals surface area contributed by atoms with Crippen LogP contribution >= 0.6 is 0 Å². The van der Waals surface area contributed by atoms with Crippen LogP contribution in [-0.4, -0.2) is 27.6 Å². The van der Waals surface area contributed by atoms with Crippen molar-refractivity contribution in [3.63, 3.8) is 0 Å². The van der Waals surface area contributed by atoms with Crippen LogP contribution < -0.4 is 5.73 Å². The number of aliphatic carboxylic acids is 1. The lowest BCUT2D eigenvalue weighted by atomic mass is 9.83. The van der Waals surface area contributed by atoms with Crippen LogP contribution in [0.2, 0.25) is 0 Å². The highest BCUT2D eigenvalue weighted by atomic mass is 16.4. The number of aromatic nitrogens is 2. The van der Waals surface area contributed by atoms with E-state index in [1.54, 1.807) is 12.5 Å². The maximum atomic E-state index is 11.3. The van der Waals surface area contributed by atoms with Crippen LogP contribution in [0.25, 0.3) is 0 Å². The zero-order chi connectivity index (χ0) is 12.7. The number of hydrogen-bond donors (Lipinski definition) is 3. The van der Waals surface area contributed by atoms with Gasteiger partial charge in [0.25, 0.3) is 0 Å². The van der Waals surface area contributed by atoms with Gasteiger partial charge in [-0.2, -0.15) is 0 Å². The first-order valence-corrected chi connectivity index (χ1v) is 6.11. The van der Waals surface area contributed by atoms with E-state index in [1.807, 2.05) is 0 Å². The van der Waals surface area contributed by atoms with Crippen LogP contribution in [-0.2, 0) is 4.79 Å². The fourth-order valence-electron chi connectivity index (χ4n) is 2.19. The Morgan fingerprint density at radius 3 is 2.82 bits per heavy atom. The Hall–Kier alpha value is -1.36. The van der Waals surface area contributed by atoms with E-state index in [9.17, 15) is 9.90 Å². The van der Waals surface area contributed by atoms with Gasteiger partial charge in [0, 0.05) is 17.8 Å². The van der Waals surface area contributed by atoms with Crippen molar-refractivity contribution >= 4 is 5.97 Å². The predicted octanol–water partition coefficient (Wildman–Crippen LogP) is 1.73. The topological polar surface area (TPSA) is 92.0 Å². The number of hydrogen-bond acceptors (Lipinski definition) is 3. The molecule has 0 radical (unpaired) electrons. The van der Waals surface area contributed by atoms with Crippen molar-refractivity contribution < 1.29 is 9.90 Å². The van der Waals surface area contributed by atoms with Crippen LogP contribution in [0.1, 0.15) is 44.2 Å². The quantitative estimate of drug-likeness (QED) is 0.644. The van der Waals surface area contributed by atoms with E-state index < -0.39 is 5.97 Å². The lowest BCUT2D eigenvalue weighted by Gasteiger charge is -2.22. The first-order valence-electron chi connectivity index (χ1n) is 6.11. The zero-order valence-corrected chi connectivity index (χ0v) is 10.2. The van der Waals surface area contributed by atoms with E-state index in [2.05, 4.69) is 16.9 Å². The van der Waals surface area contributed by atoms with Gasteiger partial charge in [0.05, 0.1) is 12.2 Å². The van der Waals surface area contributed by atoms with E-state index in [1.165, 1.54) is 0 Å². The summed E-state index contributed by atoms with van der Waals surface area (Å²) in [5.41, 5.74) is 6.37. The van der Waals surface area contributed by atoms with E-state index in [0.29, 0.717) is 13.0 Å². The highest BCUT2D eigenvalue weighted by Crippen LogP contribution is 2.31. The average Bonchev–Trinajstić information content (AvgIpc) is 2.81. The molecule has 96 valence electrons. The third kappa shape index (κ3) is 3.85. The molecule has 17 heavy (non-hydrogen) atoms. The van der Waals surface area contributed by atoms with Gasteiger partial charge in [0.2, 0.25) is 0 Å². The molecular formula is C12H21N3O2. The molecular weight excluding hydrogens is 218 g/mol. The summed E-state index contributed by atoms with van der Waals surface area (Å²) in [7, 11) is 0. The van der Waals surface area contributed by atoms with Gasteiger partial charge in [-0.05, 0) is 25.8 Å². The van der Waals surface area contributed by atoms with Crippen LogP contribution in [0.4, 0.5) is 0 Å². The predicted molar refractivity (Wildman–Crippen MR) is 65.7 cm³/mol. The largest absolute Gasteiger partial charge is 0.481 e. The molecule has 0 aliphatic carbocycles. The first kappa shape index (κ1) is 13.7. The number of nitrogens with zero attached hydrogens (tertiary/aromatic N) is 1. The molecule has 1 rings (SSSR count). The monoisotopic (exact) mass is 239 g/mol. The number of imidazole rings is 1. The highest BCUT2D eigenvalue weighted by Gasteiger charge is 2.29. The van der Waals surface area contributed by atoms with Gasteiger partial charge in [0.15, 0.2) is 0 Å². The summed E-state index contributed by atoms with van der Waals surface area (Å²) in [6, 6.07) is 0. The van der Waals surface area contributed by atoms with E-state index in [0.717, 1.165) is 25.0 Å². The fraction of sp³-hybridized carbons (Fsp3) is 0.667. The maximum Gasteiger partial charge on any atom is 0.307 e. The second-order valence-electron chi connectivity index (χ2n) is 4.28. The molecule has 0 amide bonds. The Bertz CT molecular complexity index is 325. The summed E-state index contributed by atoms with van der Waals surface area (Å²) in [6.07, 6.45) is 6.49. The molecule has 1 aromatic heterocycles. The summed E-state index contributed by atoms with van der Waals surface area (Å²) in [5.74, 6) is -1.11. The molecule has 0 saturated carbocycles. The number of nitrogens with one attached hydrogen (secondary N) is 1. The number of nitrogens with two attached hydrogens (primary N) is 1. The molecule has 1 aromatic rings. The van der Waals surface area contributed by atoms with Crippen molar-refractivity contribution in [3.8, 4) is 0 Å². The van der Waals surface area contributed by atoms with Gasteiger partial charge in [-0.15, -0.1) is 0 Å². The molecule has 0 aromatic carbocycles. The van der Waals surface area contributed by atoms with Crippen molar-refractivity contribution in [1.29, 1.82) is 0 Å². The van der Waals surface area contributed by atoms with E-state index in [4.69, 9.17) is 5.73 Å². The molecule has 4 N–H and O–H groups in total. The summed E-state index contributed by atoms with van der Waals surface area (Å²) < 4.78 is 0. The molecule has 5 nitrogen and oxygen atoms in total. The van der Waals surface area contributed by atoms with Crippen molar-refractivity contribution in [1.82, 2.24) is 9.97 Å². The SMILES string of the molecule is CCCC(c1cnc[nH]1)C(CCCN)C(=O)O. The number of H-pyrrole nitrogens is 1. The van der Waals surface area contributed by atoms with E-state index in [-0.39, 0.29) is 11.8 Å². The van der Waals surface area contributed by atoms with Gasteiger partial charge < -0.3 is 15.8 Å². The van der Waals surface area contributed by atoms with Gasteiger partial charge >= 0.3 is 5.97 Å². The summed E-state index contributed by atoms with van der Waals surface area (Å²) in [5, 5.41) is 9.32. The van der Waals surface area contributed by atoms with Crippen LogP contribution in [0.15, 0.2) is 12.5 Å². The Labute approximate surface area is 101 Å². The number of carbonyl (C=O) groups is 1. The number of aromatic amines is 1. The second kappa shape index (κ2) is 7.06. The van der Waals surface area contributed by atoms with Crippen molar-refractivity contribution in [2.75, 3.05) is 6.54 Å². The van der Waals surface area contributed by atoms with Crippen molar-refractivity contribution in [2.45, 2.75) is 38.5 Å². The van der Waals surface area contributed by atoms with Gasteiger partial charge in [-0.25, -0.2) is 4.98 Å². The summed E-state index contributed by atoms with van der Waals surface area (Å²) in [4.78, 5) is 18.3. The molecule has 0 bridgehead atoms. The molecule has 2 unspecified atom stereocenters. The Balaban J connectivity index is 2.81. The average molecular weight is 239 g/mol. The molecule has 1 heterocycles. The van der Waals surface area contributed by atoms with Gasteiger partial charge in [-0.1, -0.05) is 13.3 Å². The first-order chi connectivity index (χ1) is 8.20. The number of carboxylic acid groups (broad SMARTS) is 1. The molecule has 0 spiro atoms. The fourth-order valence-corrected chi connectivity index (χ4v) is 2.19. The highest BCUT2D eigenvalue weighted by molar-refractivity contribution is 5.71. The smallest absolute Gasteiger partial charge is 0.307 e. The van der Waals surface area contributed by atoms with Crippen LogP contribution in [0, 0.1) is 5.92 Å². The molecule has 5 heteroatoms. The zero-order valence-electron chi connectivity index (χ0n) is 10.2. The lowest BCUT2D eigenvalue weighted by molar-refractivity contribution is -0.143. The molecule has 0 saturated heterocycles. The van der Waals surface area contributed by atoms with Gasteiger partial charge in [0.1, 0.15) is 0 Å². The summed E-state index contributed by atoms with van der Waals surface area (Å²) >= 11 is 0. The Kier molecular flexibility index (Phi) is 5.69. The van der Waals surface area contributed by atoms with Crippen LogP contribution in [0.3, 0.4) is 0 Å². The van der Waals surface area contributed by atoms with Crippen molar-refractivity contribution in [2.24, 2.45) is 11.7 Å². The standard InChI is InChI=1S/C12H21N3O2/c1-2-4-9(11-7-14-8-15-11)10(12(16)17)5-3-6-13/h7-10H,2-6,13H2,1H3,(H,14,15)(H,16,17). The molecule has 0 aliphatic rings. The molecule has 0 aliphatic heterocycles. The number of carboxylic acids is 1. The molecule has 2 atom stereocenters. The minimum atomic E-state index is -0.744. The number of rotatable bonds is 8. The summed E-state index contributed by atoms with van der Waals surface area (Å²) in [6.45, 7) is 2.59. The minimum absolute atomic E-state index is 0.00606. The third-order valence-electron chi connectivity index (χ3n) is 3.04. The van der Waals surface area contributed by atoms with Gasteiger partial charge in [-0.3, -0.25) is 4.79 Å². The molecule has 0 fully saturated rings. The minimum Gasteiger partial charge on any atom is -0.481 e. The maximum absolute atomic E-state index is 11.3. The second-order valence-corrected chi connectivity index (χ2v) is 4.28. The van der Waals surface area contributed by atoms with Crippen molar-refractivity contribution in [3.05, 3.63) is 18.2 Å². The Morgan fingerprint density at radius 2 is 2.35 bits per heavy atom. The van der Waals surface area contributed by atoms with Crippen LogP contribution in [0.5, 0.6) is 0 Å².